The first kappa shape index (κ1) is 15.1. The van der Waals surface area contributed by atoms with E-state index in [1.54, 1.807) is 18.3 Å². The number of pyridine rings is 1. The van der Waals surface area contributed by atoms with Gasteiger partial charge in [-0.25, -0.2) is 0 Å². The standard InChI is InChI=1S/C16H15N3OS2/c1-16(20)14(19-7-3-2-4-8-19)13(12-6-5-9-22-12)11(10-17)15(21)18-16/h2-9,13-14,17,20H,1H3/p+1/t13-,14-,16-/m1/s1. The molecule has 0 amide bonds. The Kier molecular flexibility index (Phi) is 3.93. The number of aromatic nitrogens is 1. The number of hydrogen-bond donors (Lipinski definition) is 3. The van der Waals surface area contributed by atoms with E-state index in [2.05, 4.69) is 11.2 Å². The molecule has 6 heteroatoms. The van der Waals surface area contributed by atoms with Gasteiger partial charge in [0.25, 0.3) is 0 Å². The van der Waals surface area contributed by atoms with Crippen molar-refractivity contribution >= 4 is 34.4 Å². The molecule has 3 heterocycles. The zero-order valence-corrected chi connectivity index (χ0v) is 13.6. The number of rotatable bonds is 2. The van der Waals surface area contributed by atoms with Crippen molar-refractivity contribution < 1.29 is 9.67 Å². The second-order valence-electron chi connectivity index (χ2n) is 5.40. The van der Waals surface area contributed by atoms with Crippen LogP contribution in [-0.4, -0.2) is 21.7 Å². The van der Waals surface area contributed by atoms with Crippen molar-refractivity contribution in [1.29, 1.82) is 5.41 Å². The molecule has 0 aromatic carbocycles. The third kappa shape index (κ3) is 2.51. The van der Waals surface area contributed by atoms with Crippen LogP contribution in [0.25, 0.3) is 0 Å². The van der Waals surface area contributed by atoms with Gasteiger partial charge >= 0.3 is 0 Å². The minimum Gasteiger partial charge on any atom is -0.366 e. The van der Waals surface area contributed by atoms with Gasteiger partial charge in [-0.3, -0.25) is 5.41 Å². The summed E-state index contributed by atoms with van der Waals surface area (Å²) in [6.45, 7) is 1.71. The average Bonchev–Trinajstić information content (AvgIpc) is 3.00. The molecule has 3 atom stereocenters. The molecule has 3 rings (SSSR count). The molecule has 22 heavy (non-hydrogen) atoms. The molecule has 0 aliphatic carbocycles. The van der Waals surface area contributed by atoms with Crippen LogP contribution < -0.4 is 9.88 Å². The molecule has 4 nitrogen and oxygen atoms in total. The van der Waals surface area contributed by atoms with Crippen LogP contribution in [0.5, 0.6) is 0 Å². The highest BCUT2D eigenvalue weighted by atomic mass is 32.1. The quantitative estimate of drug-likeness (QED) is 0.342. The number of hydrogen-bond acceptors (Lipinski definition) is 4. The lowest BCUT2D eigenvalue weighted by molar-refractivity contribution is -0.740. The average molecular weight is 330 g/mol. The Morgan fingerprint density at radius 1 is 1.36 bits per heavy atom. The molecule has 0 saturated carbocycles. The van der Waals surface area contributed by atoms with Gasteiger partial charge in [-0.2, -0.15) is 4.57 Å². The Labute approximate surface area is 138 Å². The van der Waals surface area contributed by atoms with E-state index in [1.165, 1.54) is 0 Å². The Hall–Kier alpha value is -1.85. The van der Waals surface area contributed by atoms with Crippen LogP contribution in [0.3, 0.4) is 0 Å². The zero-order chi connectivity index (χ0) is 15.7. The van der Waals surface area contributed by atoms with Crippen LogP contribution in [0.1, 0.15) is 23.8 Å². The first-order valence-corrected chi connectivity index (χ1v) is 8.17. The number of thiocarbonyl (C=S) groups is 1. The third-order valence-corrected chi connectivity index (χ3v) is 5.14. The molecular formula is C16H16N3OS2+. The van der Waals surface area contributed by atoms with E-state index >= 15 is 0 Å². The first-order valence-electron chi connectivity index (χ1n) is 6.88. The minimum atomic E-state index is -1.22. The van der Waals surface area contributed by atoms with Crippen LogP contribution in [0.15, 0.2) is 53.7 Å². The molecule has 1 saturated heterocycles. The molecular weight excluding hydrogens is 314 g/mol. The van der Waals surface area contributed by atoms with Gasteiger partial charge in [0.15, 0.2) is 18.1 Å². The van der Waals surface area contributed by atoms with Crippen molar-refractivity contribution in [3.63, 3.8) is 0 Å². The summed E-state index contributed by atoms with van der Waals surface area (Å²) in [5.74, 6) is 2.26. The molecule has 112 valence electrons. The molecule has 3 N–H and O–H groups in total. The SMILES string of the molecule is C[C@]1(O)NC(=S)C(=C=N)[C@H](c2cccs2)[C@H]1[n+]1ccccc1. The van der Waals surface area contributed by atoms with Crippen molar-refractivity contribution in [2.75, 3.05) is 0 Å². The largest absolute Gasteiger partial charge is 0.366 e. The van der Waals surface area contributed by atoms with Crippen molar-refractivity contribution in [2.45, 2.75) is 24.6 Å². The first-order chi connectivity index (χ1) is 10.5. The van der Waals surface area contributed by atoms with Gasteiger partial charge in [-0.1, -0.05) is 24.4 Å². The Morgan fingerprint density at radius 3 is 2.68 bits per heavy atom. The van der Waals surface area contributed by atoms with Gasteiger partial charge in [-0.05, 0) is 24.2 Å². The predicted molar refractivity (Wildman–Crippen MR) is 90.3 cm³/mol. The molecule has 2 aromatic heterocycles. The monoisotopic (exact) mass is 330 g/mol. The Bertz CT molecular complexity index is 734. The highest BCUT2D eigenvalue weighted by Crippen LogP contribution is 2.42. The number of nitrogens with one attached hydrogen (secondary N) is 2. The number of thiophene rings is 1. The summed E-state index contributed by atoms with van der Waals surface area (Å²) in [5, 5.41) is 23.5. The Balaban J connectivity index is 2.20. The molecule has 2 aromatic rings. The predicted octanol–water partition coefficient (Wildman–Crippen LogP) is 2.17. The normalized spacial score (nSPS) is 28.1. The minimum absolute atomic E-state index is 0.214. The fourth-order valence-electron chi connectivity index (χ4n) is 2.96. The van der Waals surface area contributed by atoms with Crippen LogP contribution in [0, 0.1) is 5.41 Å². The van der Waals surface area contributed by atoms with Gasteiger partial charge in [0, 0.05) is 17.0 Å². The number of nitrogens with zero attached hydrogens (tertiary/aromatic N) is 1. The molecule has 1 aliphatic rings. The molecule has 0 bridgehead atoms. The summed E-state index contributed by atoms with van der Waals surface area (Å²) < 4.78 is 1.95. The summed E-state index contributed by atoms with van der Waals surface area (Å²) >= 11 is 6.93. The van der Waals surface area contributed by atoms with Gasteiger partial charge in [0.05, 0.1) is 11.5 Å². The van der Waals surface area contributed by atoms with Crippen molar-refractivity contribution in [3.05, 3.63) is 58.6 Å². The maximum atomic E-state index is 10.9. The maximum Gasteiger partial charge on any atom is 0.217 e. The maximum absolute atomic E-state index is 10.9. The molecule has 1 aliphatic heterocycles. The van der Waals surface area contributed by atoms with Crippen molar-refractivity contribution in [3.8, 4) is 0 Å². The summed E-state index contributed by atoms with van der Waals surface area (Å²) in [6.07, 6.45) is 3.83. The van der Waals surface area contributed by atoms with E-state index in [1.807, 2.05) is 52.7 Å². The van der Waals surface area contributed by atoms with Crippen molar-refractivity contribution in [2.24, 2.45) is 0 Å². The lowest BCUT2D eigenvalue weighted by Crippen LogP contribution is -2.65. The van der Waals surface area contributed by atoms with Crippen LogP contribution >= 0.6 is 23.6 Å². The van der Waals surface area contributed by atoms with Gasteiger partial charge in [0.1, 0.15) is 4.99 Å². The summed E-state index contributed by atoms with van der Waals surface area (Å²) in [5.41, 5.74) is -0.622. The van der Waals surface area contributed by atoms with E-state index in [0.717, 1.165) is 4.88 Å². The number of aliphatic hydroxyl groups is 1. The lowest BCUT2D eigenvalue weighted by atomic mass is 9.80. The Morgan fingerprint density at radius 2 is 2.09 bits per heavy atom. The molecule has 1 fully saturated rings. The van der Waals surface area contributed by atoms with Gasteiger partial charge < -0.3 is 10.4 Å². The van der Waals surface area contributed by atoms with E-state index in [-0.39, 0.29) is 12.0 Å². The van der Waals surface area contributed by atoms with Gasteiger partial charge in [-0.15, -0.1) is 11.3 Å². The second-order valence-corrected chi connectivity index (χ2v) is 6.79. The summed E-state index contributed by atoms with van der Waals surface area (Å²) in [4.78, 5) is 1.44. The fraction of sp³-hybridized carbons (Fsp3) is 0.250. The molecule has 0 spiro atoms. The van der Waals surface area contributed by atoms with E-state index in [4.69, 9.17) is 17.6 Å². The topological polar surface area (TPSA) is 60.0 Å². The van der Waals surface area contributed by atoms with Crippen LogP contribution in [0.4, 0.5) is 0 Å². The second kappa shape index (κ2) is 5.74. The van der Waals surface area contributed by atoms with Crippen molar-refractivity contribution in [1.82, 2.24) is 5.32 Å². The number of piperidine rings is 1. The smallest absolute Gasteiger partial charge is 0.217 e. The van der Waals surface area contributed by atoms with E-state index < -0.39 is 5.72 Å². The highest BCUT2D eigenvalue weighted by molar-refractivity contribution is 7.80. The molecule has 0 radical (unpaired) electrons. The third-order valence-electron chi connectivity index (χ3n) is 3.86. The zero-order valence-electron chi connectivity index (χ0n) is 12.0. The summed E-state index contributed by atoms with van der Waals surface area (Å²) in [6, 6.07) is 9.41. The molecule has 0 unspecified atom stereocenters. The van der Waals surface area contributed by atoms with E-state index in [0.29, 0.717) is 10.6 Å². The summed E-state index contributed by atoms with van der Waals surface area (Å²) in [7, 11) is 0. The van der Waals surface area contributed by atoms with Gasteiger partial charge in [0.2, 0.25) is 6.04 Å². The lowest BCUT2D eigenvalue weighted by Gasteiger charge is -2.40. The fourth-order valence-corrected chi connectivity index (χ4v) is 4.20. The van der Waals surface area contributed by atoms with Crippen LogP contribution in [0.2, 0.25) is 0 Å². The van der Waals surface area contributed by atoms with Crippen LogP contribution in [-0.2, 0) is 0 Å². The highest BCUT2D eigenvalue weighted by Gasteiger charge is 2.52. The van der Waals surface area contributed by atoms with E-state index in [9.17, 15) is 5.11 Å².